The summed E-state index contributed by atoms with van der Waals surface area (Å²) in [6.07, 6.45) is 0. The molecule has 9 heteroatoms. The number of halogens is 1. The van der Waals surface area contributed by atoms with Crippen molar-refractivity contribution in [2.24, 2.45) is 0 Å². The first-order chi connectivity index (χ1) is 14.9. The topological polar surface area (TPSA) is 102 Å². The fourth-order valence-corrected chi connectivity index (χ4v) is 3.52. The van der Waals surface area contributed by atoms with E-state index < -0.39 is 10.8 Å². The fraction of sp³-hybridized carbons (Fsp3) is 0.0909. The van der Waals surface area contributed by atoms with Crippen molar-refractivity contribution >= 4 is 40.5 Å². The van der Waals surface area contributed by atoms with E-state index in [9.17, 15) is 19.7 Å². The Kier molecular flexibility index (Phi) is 5.31. The van der Waals surface area contributed by atoms with Gasteiger partial charge < -0.3 is 15.0 Å². The molecule has 0 fully saturated rings. The summed E-state index contributed by atoms with van der Waals surface area (Å²) in [6, 6.07) is 15.5. The largest absolute Gasteiger partial charge is 0.454 e. The lowest BCUT2D eigenvalue weighted by Gasteiger charge is -2.19. The minimum absolute atomic E-state index is 0.0454. The molecule has 0 radical (unpaired) electrons. The first kappa shape index (κ1) is 20.4. The van der Waals surface area contributed by atoms with Crippen LogP contribution in [0, 0.1) is 10.1 Å². The zero-order chi connectivity index (χ0) is 22.1. The van der Waals surface area contributed by atoms with Gasteiger partial charge in [0.25, 0.3) is 17.5 Å². The molecule has 0 aromatic heterocycles. The van der Waals surface area contributed by atoms with Crippen LogP contribution in [0.1, 0.15) is 27.6 Å². The van der Waals surface area contributed by atoms with Crippen LogP contribution in [0.2, 0.25) is 5.02 Å². The minimum atomic E-state index is -0.633. The Morgan fingerprint density at radius 3 is 2.65 bits per heavy atom. The van der Waals surface area contributed by atoms with Crippen LogP contribution in [0.3, 0.4) is 0 Å². The first-order valence-corrected chi connectivity index (χ1v) is 9.75. The molecule has 0 unspecified atom stereocenters. The average molecular weight is 438 g/mol. The van der Waals surface area contributed by atoms with Crippen LogP contribution in [-0.4, -0.2) is 23.3 Å². The predicted octanol–water partition coefficient (Wildman–Crippen LogP) is 5.27. The molecular formula is C22H16ClN3O5. The van der Waals surface area contributed by atoms with E-state index in [1.54, 1.807) is 29.2 Å². The normalized spacial score (nSPS) is 12.3. The van der Waals surface area contributed by atoms with Crippen LogP contribution >= 0.6 is 11.6 Å². The second-order valence-corrected chi connectivity index (χ2v) is 7.11. The summed E-state index contributed by atoms with van der Waals surface area (Å²) in [4.78, 5) is 37.8. The standard InChI is InChI=1S/C22H16ClN3O5/c1-2-25-18-5-3-4-6-20(18)31-19-10-7-13(11-16(19)22(25)28)24-21(27)15-12-14(26(29)30)8-9-17(15)23/h3-12H,2H2,1H3,(H,24,27). The zero-order valence-corrected chi connectivity index (χ0v) is 17.1. The lowest BCUT2D eigenvalue weighted by molar-refractivity contribution is -0.384. The molecule has 1 aliphatic rings. The molecule has 0 aliphatic carbocycles. The molecule has 31 heavy (non-hydrogen) atoms. The van der Waals surface area contributed by atoms with Crippen molar-refractivity contribution in [2.45, 2.75) is 6.92 Å². The van der Waals surface area contributed by atoms with E-state index in [1.807, 2.05) is 19.1 Å². The number of ether oxygens (including phenoxy) is 1. The van der Waals surface area contributed by atoms with Gasteiger partial charge in [-0.3, -0.25) is 19.7 Å². The molecule has 4 rings (SSSR count). The number of amides is 2. The molecule has 8 nitrogen and oxygen atoms in total. The number of nitrogens with zero attached hydrogens (tertiary/aromatic N) is 2. The maximum Gasteiger partial charge on any atom is 0.270 e. The van der Waals surface area contributed by atoms with Crippen molar-refractivity contribution in [3.05, 3.63) is 86.9 Å². The Morgan fingerprint density at radius 1 is 1.13 bits per heavy atom. The summed E-state index contributed by atoms with van der Waals surface area (Å²) < 4.78 is 5.94. The summed E-state index contributed by atoms with van der Waals surface area (Å²) in [5.74, 6) is 0.00889. The summed E-state index contributed by atoms with van der Waals surface area (Å²) in [5.41, 5.74) is 0.957. The molecule has 156 valence electrons. The minimum Gasteiger partial charge on any atom is -0.454 e. The number of nitro groups is 1. The highest BCUT2D eigenvalue weighted by atomic mass is 35.5. The van der Waals surface area contributed by atoms with Crippen molar-refractivity contribution in [3.63, 3.8) is 0 Å². The van der Waals surface area contributed by atoms with Crippen LogP contribution in [0.4, 0.5) is 17.1 Å². The van der Waals surface area contributed by atoms with Crippen LogP contribution in [-0.2, 0) is 0 Å². The average Bonchev–Trinajstić information content (AvgIpc) is 2.87. The lowest BCUT2D eigenvalue weighted by atomic mass is 10.1. The molecule has 3 aromatic rings. The number of para-hydroxylation sites is 2. The molecule has 0 bridgehead atoms. The summed E-state index contributed by atoms with van der Waals surface area (Å²) >= 11 is 6.05. The third-order valence-electron chi connectivity index (χ3n) is 4.81. The number of anilines is 2. The lowest BCUT2D eigenvalue weighted by Crippen LogP contribution is -2.29. The molecule has 1 N–H and O–H groups in total. The molecule has 0 atom stereocenters. The third-order valence-corrected chi connectivity index (χ3v) is 5.14. The van der Waals surface area contributed by atoms with Crippen LogP contribution < -0.4 is 15.0 Å². The van der Waals surface area contributed by atoms with E-state index in [0.29, 0.717) is 29.4 Å². The van der Waals surface area contributed by atoms with Crippen LogP contribution in [0.5, 0.6) is 11.5 Å². The van der Waals surface area contributed by atoms with Gasteiger partial charge in [0, 0.05) is 24.4 Å². The molecule has 0 spiro atoms. The Balaban J connectivity index is 1.67. The van der Waals surface area contributed by atoms with E-state index in [4.69, 9.17) is 16.3 Å². The van der Waals surface area contributed by atoms with Gasteiger partial charge in [-0.15, -0.1) is 0 Å². The molecule has 2 amide bonds. The van der Waals surface area contributed by atoms with Crippen LogP contribution in [0.25, 0.3) is 0 Å². The number of hydrogen-bond donors (Lipinski definition) is 1. The molecule has 1 heterocycles. The van der Waals surface area contributed by atoms with E-state index in [2.05, 4.69) is 5.32 Å². The van der Waals surface area contributed by atoms with E-state index in [1.165, 1.54) is 18.2 Å². The number of hydrogen-bond acceptors (Lipinski definition) is 5. The number of rotatable bonds is 4. The van der Waals surface area contributed by atoms with Crippen molar-refractivity contribution < 1.29 is 19.2 Å². The number of nitrogens with one attached hydrogen (secondary N) is 1. The number of benzene rings is 3. The van der Waals surface area contributed by atoms with Crippen molar-refractivity contribution in [3.8, 4) is 11.5 Å². The number of non-ortho nitro benzene ring substituents is 1. The van der Waals surface area contributed by atoms with Gasteiger partial charge >= 0.3 is 0 Å². The Morgan fingerprint density at radius 2 is 1.90 bits per heavy atom. The van der Waals surface area contributed by atoms with Crippen LogP contribution in [0.15, 0.2) is 60.7 Å². The highest BCUT2D eigenvalue weighted by molar-refractivity contribution is 6.34. The Bertz CT molecular complexity index is 1230. The highest BCUT2D eigenvalue weighted by Crippen LogP contribution is 2.39. The number of carbonyl (C=O) groups is 2. The Labute approximate surface area is 182 Å². The predicted molar refractivity (Wildman–Crippen MR) is 116 cm³/mol. The van der Waals surface area contributed by atoms with Crippen molar-refractivity contribution in [1.82, 2.24) is 0 Å². The molecule has 3 aromatic carbocycles. The molecule has 1 aliphatic heterocycles. The van der Waals surface area contributed by atoms with Gasteiger partial charge in [0.2, 0.25) is 0 Å². The van der Waals surface area contributed by atoms with Crippen molar-refractivity contribution in [1.29, 1.82) is 0 Å². The first-order valence-electron chi connectivity index (χ1n) is 9.37. The fourth-order valence-electron chi connectivity index (χ4n) is 3.32. The number of nitro benzene ring substituents is 1. The van der Waals surface area contributed by atoms with E-state index >= 15 is 0 Å². The molecule has 0 saturated carbocycles. The van der Waals surface area contributed by atoms with E-state index in [-0.39, 0.29) is 27.7 Å². The maximum atomic E-state index is 13.1. The maximum absolute atomic E-state index is 13.1. The van der Waals surface area contributed by atoms with Gasteiger partial charge in [0.15, 0.2) is 5.75 Å². The number of carbonyl (C=O) groups excluding carboxylic acids is 2. The molecular weight excluding hydrogens is 422 g/mol. The van der Waals surface area contributed by atoms with Gasteiger partial charge in [-0.2, -0.15) is 0 Å². The summed E-state index contributed by atoms with van der Waals surface area (Å²) in [7, 11) is 0. The van der Waals surface area contributed by atoms with Gasteiger partial charge in [0.05, 0.1) is 26.8 Å². The second-order valence-electron chi connectivity index (χ2n) is 6.71. The smallest absolute Gasteiger partial charge is 0.270 e. The van der Waals surface area contributed by atoms with Gasteiger partial charge in [-0.25, -0.2) is 0 Å². The van der Waals surface area contributed by atoms with Crippen molar-refractivity contribution in [2.75, 3.05) is 16.8 Å². The highest BCUT2D eigenvalue weighted by Gasteiger charge is 2.27. The quantitative estimate of drug-likeness (QED) is 0.442. The van der Waals surface area contributed by atoms with Gasteiger partial charge in [0.1, 0.15) is 5.75 Å². The second kappa shape index (κ2) is 8.08. The number of fused-ring (bicyclic) bond motifs is 2. The zero-order valence-electron chi connectivity index (χ0n) is 16.3. The summed E-state index contributed by atoms with van der Waals surface area (Å²) in [6.45, 7) is 2.29. The monoisotopic (exact) mass is 437 g/mol. The SMILES string of the molecule is CCN1C(=O)c2cc(NC(=O)c3cc([N+](=O)[O-])ccc3Cl)ccc2Oc2ccccc21. The third kappa shape index (κ3) is 3.80. The molecule has 0 saturated heterocycles. The summed E-state index contributed by atoms with van der Waals surface area (Å²) in [5, 5.41) is 13.7. The van der Waals surface area contributed by atoms with E-state index in [0.717, 1.165) is 6.07 Å². The Hall–Kier alpha value is -3.91. The van der Waals surface area contributed by atoms with Gasteiger partial charge in [-0.05, 0) is 43.3 Å². The van der Waals surface area contributed by atoms with Gasteiger partial charge in [-0.1, -0.05) is 23.7 Å².